The highest BCUT2D eigenvalue weighted by Gasteiger charge is 2.49. The van der Waals surface area contributed by atoms with Crippen LogP contribution in [-0.4, -0.2) is 111 Å². The van der Waals surface area contributed by atoms with Crippen molar-refractivity contribution in [3.8, 4) is 0 Å². The monoisotopic (exact) mass is 970 g/mol. The van der Waals surface area contributed by atoms with E-state index in [0.29, 0.717) is 13.2 Å². The van der Waals surface area contributed by atoms with Gasteiger partial charge in [-0.15, -0.1) is 0 Å². The number of rotatable bonds is 28. The van der Waals surface area contributed by atoms with E-state index >= 15 is 0 Å². The summed E-state index contributed by atoms with van der Waals surface area (Å²) in [5.41, 5.74) is 5.79. The summed E-state index contributed by atoms with van der Waals surface area (Å²) in [5.74, 6) is 0. The molecule has 2 aliphatic heterocycles. The third-order valence-corrected chi connectivity index (χ3v) is 12.2. The second-order valence-corrected chi connectivity index (χ2v) is 17.5. The van der Waals surface area contributed by atoms with Crippen LogP contribution in [0.1, 0.15) is 33.4 Å². The Bertz CT molecular complexity index is 2150. The van der Waals surface area contributed by atoms with E-state index in [1.807, 2.05) is 182 Å². The van der Waals surface area contributed by atoms with E-state index in [1.165, 1.54) is 0 Å². The third kappa shape index (κ3) is 16.4. The van der Waals surface area contributed by atoms with Gasteiger partial charge in [-0.2, -0.15) is 0 Å². The first kappa shape index (κ1) is 52.1. The van der Waals surface area contributed by atoms with Crippen molar-refractivity contribution in [2.24, 2.45) is 0 Å². The van der Waals surface area contributed by atoms with E-state index in [-0.39, 0.29) is 66.1 Å². The maximum atomic E-state index is 11.8. The number of benzene rings is 6. The molecule has 13 nitrogen and oxygen atoms in total. The van der Waals surface area contributed by atoms with Crippen molar-refractivity contribution in [1.82, 2.24) is 0 Å². The molecule has 10 atom stereocenters. The predicted octanol–water partition coefficient (Wildman–Crippen LogP) is 7.98. The first-order valence-electron chi connectivity index (χ1n) is 24.4. The smallest absolute Gasteiger partial charge is 0.187 e. The van der Waals surface area contributed by atoms with Gasteiger partial charge in [0.1, 0.15) is 48.8 Å². The zero-order chi connectivity index (χ0) is 48.7. The van der Waals surface area contributed by atoms with Gasteiger partial charge in [0.15, 0.2) is 12.6 Å². The van der Waals surface area contributed by atoms with Gasteiger partial charge < -0.3 is 62.3 Å². The molecule has 2 aliphatic rings. The minimum absolute atomic E-state index is 0.0921. The average molecular weight is 971 g/mol. The number of ether oxygens (including phenoxy) is 11. The maximum absolute atomic E-state index is 11.8. The summed E-state index contributed by atoms with van der Waals surface area (Å²) in [4.78, 5) is 0. The normalized spacial score (nSPS) is 24.4. The molecule has 376 valence electrons. The molecule has 2 saturated heterocycles. The summed E-state index contributed by atoms with van der Waals surface area (Å²) in [7, 11) is 0. The fraction of sp³-hybridized carbons (Fsp3) is 0.379. The first-order valence-corrected chi connectivity index (χ1v) is 24.4. The molecule has 0 saturated carbocycles. The molecule has 71 heavy (non-hydrogen) atoms. The van der Waals surface area contributed by atoms with Crippen molar-refractivity contribution in [3.05, 3.63) is 215 Å². The van der Waals surface area contributed by atoms with Gasteiger partial charge in [-0.1, -0.05) is 182 Å². The standard InChI is InChI=1S/C58H66O13/c59-51-49(41-62-35-43-19-7-1-8-20-43)70-57(55(68-39-47-27-15-5-16-28-47)53(51)66-37-45-23-11-3-12-24-45)64-33-31-61-32-34-65-58-56(69-40-48-29-17-6-18-30-48)54(67-38-46-25-13-4-14-26-46)52(60)50(71-58)42-63-36-44-21-9-2-10-22-44/h1-30,49-60H,31-42H2/t49-,50-,51-,52-,53+,54+,55-,56-,57+,58+/m1/s1. The summed E-state index contributed by atoms with van der Waals surface area (Å²) in [5, 5.41) is 23.7. The number of aliphatic hydroxyl groups excluding tert-OH is 2. The molecule has 0 radical (unpaired) electrons. The fourth-order valence-corrected chi connectivity index (χ4v) is 8.41. The first-order chi connectivity index (χ1) is 35.1. The molecule has 2 heterocycles. The molecule has 8 rings (SSSR count). The van der Waals surface area contributed by atoms with Crippen molar-refractivity contribution in [1.29, 1.82) is 0 Å². The van der Waals surface area contributed by atoms with Crippen molar-refractivity contribution < 1.29 is 62.3 Å². The largest absolute Gasteiger partial charge is 0.387 e. The van der Waals surface area contributed by atoms with Gasteiger partial charge in [-0.3, -0.25) is 0 Å². The van der Waals surface area contributed by atoms with Crippen LogP contribution in [0.25, 0.3) is 0 Å². The van der Waals surface area contributed by atoms with Crippen molar-refractivity contribution in [3.63, 3.8) is 0 Å². The lowest BCUT2D eigenvalue weighted by Gasteiger charge is -2.44. The highest BCUT2D eigenvalue weighted by Crippen LogP contribution is 2.31. The summed E-state index contributed by atoms with van der Waals surface area (Å²) in [6.07, 6.45) is -8.89. The highest BCUT2D eigenvalue weighted by atomic mass is 16.7. The third-order valence-electron chi connectivity index (χ3n) is 12.2. The second-order valence-electron chi connectivity index (χ2n) is 17.5. The zero-order valence-electron chi connectivity index (χ0n) is 40.0. The molecule has 0 bridgehead atoms. The molecule has 13 heteroatoms. The highest BCUT2D eigenvalue weighted by molar-refractivity contribution is 5.18. The van der Waals surface area contributed by atoms with Crippen LogP contribution >= 0.6 is 0 Å². The van der Waals surface area contributed by atoms with Gasteiger partial charge in [0.2, 0.25) is 0 Å². The molecule has 6 aromatic carbocycles. The molecule has 6 aromatic rings. The molecular weight excluding hydrogens is 905 g/mol. The van der Waals surface area contributed by atoms with E-state index in [9.17, 15) is 10.2 Å². The summed E-state index contributed by atoms with van der Waals surface area (Å²) < 4.78 is 70.0. The van der Waals surface area contributed by atoms with Gasteiger partial charge in [-0.25, -0.2) is 0 Å². The predicted molar refractivity (Wildman–Crippen MR) is 264 cm³/mol. The molecule has 0 aliphatic carbocycles. The minimum Gasteiger partial charge on any atom is -0.387 e. The van der Waals surface area contributed by atoms with Crippen molar-refractivity contribution in [2.75, 3.05) is 39.6 Å². The van der Waals surface area contributed by atoms with Crippen LogP contribution in [0.15, 0.2) is 182 Å². The van der Waals surface area contributed by atoms with Gasteiger partial charge in [0.25, 0.3) is 0 Å². The Balaban J connectivity index is 0.910. The zero-order valence-corrected chi connectivity index (χ0v) is 40.0. The van der Waals surface area contributed by atoms with E-state index in [2.05, 4.69) is 0 Å². The van der Waals surface area contributed by atoms with Crippen LogP contribution in [0, 0.1) is 0 Å². The summed E-state index contributed by atoms with van der Waals surface area (Å²) in [6, 6.07) is 58.8. The average Bonchev–Trinajstić information content (AvgIpc) is 3.42. The van der Waals surface area contributed by atoms with Crippen LogP contribution in [0.2, 0.25) is 0 Å². The Hall–Kier alpha value is -5.20. The SMILES string of the molecule is O[C@H]1[C@H](OCc2ccccc2)[C@@H](OCc2ccccc2)[C@@H](OCCOCCO[C@H]2O[C@H](COCc3ccccc3)[C@@H](O)[C@H](OCc3ccccc3)[C@H]2OCc2ccccc2)O[C@@H]1COCc1ccccc1. The van der Waals surface area contributed by atoms with Crippen LogP contribution in [-0.2, 0) is 91.7 Å². The lowest BCUT2D eigenvalue weighted by Crippen LogP contribution is -2.61. The number of hydrogen-bond donors (Lipinski definition) is 2. The Kier molecular flexibility index (Phi) is 21.1. The Morgan fingerprint density at radius 2 is 0.563 bits per heavy atom. The fourth-order valence-electron chi connectivity index (χ4n) is 8.41. The Morgan fingerprint density at radius 3 is 0.859 bits per heavy atom. The van der Waals surface area contributed by atoms with Gasteiger partial charge in [-0.05, 0) is 33.4 Å². The molecule has 0 amide bonds. The Labute approximate surface area is 417 Å². The lowest BCUT2D eigenvalue weighted by molar-refractivity contribution is -0.325. The summed E-state index contributed by atoms with van der Waals surface area (Å²) in [6.45, 7) is 2.44. The van der Waals surface area contributed by atoms with Crippen LogP contribution in [0.3, 0.4) is 0 Å². The minimum atomic E-state index is -1.09. The lowest BCUT2D eigenvalue weighted by atomic mass is 9.98. The van der Waals surface area contributed by atoms with E-state index < -0.39 is 61.4 Å². The van der Waals surface area contributed by atoms with Gasteiger partial charge in [0.05, 0.1) is 79.3 Å². The van der Waals surface area contributed by atoms with E-state index in [0.717, 1.165) is 33.4 Å². The summed E-state index contributed by atoms with van der Waals surface area (Å²) >= 11 is 0. The van der Waals surface area contributed by atoms with E-state index in [1.54, 1.807) is 0 Å². The molecular formula is C58H66O13. The molecule has 2 N–H and O–H groups in total. The van der Waals surface area contributed by atoms with Gasteiger partial charge >= 0.3 is 0 Å². The molecule has 2 fully saturated rings. The van der Waals surface area contributed by atoms with E-state index in [4.69, 9.17) is 52.1 Å². The van der Waals surface area contributed by atoms with Crippen LogP contribution in [0.5, 0.6) is 0 Å². The van der Waals surface area contributed by atoms with Crippen molar-refractivity contribution in [2.45, 2.75) is 101 Å². The Morgan fingerprint density at radius 1 is 0.296 bits per heavy atom. The number of aliphatic hydroxyl groups is 2. The maximum Gasteiger partial charge on any atom is 0.187 e. The quantitative estimate of drug-likeness (QED) is 0.0460. The van der Waals surface area contributed by atoms with Crippen LogP contribution in [0.4, 0.5) is 0 Å². The molecule has 0 aromatic heterocycles. The van der Waals surface area contributed by atoms with Crippen molar-refractivity contribution >= 4 is 0 Å². The van der Waals surface area contributed by atoms with Gasteiger partial charge in [0, 0.05) is 0 Å². The second kappa shape index (κ2) is 28.7. The molecule has 0 spiro atoms. The van der Waals surface area contributed by atoms with Crippen LogP contribution < -0.4 is 0 Å². The number of hydrogen-bond acceptors (Lipinski definition) is 13. The topological polar surface area (TPSA) is 142 Å². The molecule has 0 unspecified atom stereocenters.